The smallest absolute Gasteiger partial charge is 0.158 e. The highest BCUT2D eigenvalue weighted by Crippen LogP contribution is 2.31. The average Bonchev–Trinajstić information content (AvgIpc) is 3.35. The number of aromatic nitrogens is 6. The van der Waals surface area contributed by atoms with Crippen molar-refractivity contribution in [2.45, 2.75) is 6.92 Å². The second-order valence-electron chi connectivity index (χ2n) is 6.39. The Bertz CT molecular complexity index is 1270. The minimum Gasteiger partial charge on any atom is -0.346 e. The highest BCUT2D eigenvalue weighted by molar-refractivity contribution is 5.91. The molecule has 7 heteroatoms. The van der Waals surface area contributed by atoms with Gasteiger partial charge in [-0.3, -0.25) is 4.98 Å². The maximum absolute atomic E-state index is 4.73. The van der Waals surface area contributed by atoms with E-state index in [0.717, 1.165) is 45.3 Å². The Morgan fingerprint density at radius 3 is 2.81 bits per heavy atom. The van der Waals surface area contributed by atoms with Crippen LogP contribution in [0.15, 0.2) is 61.1 Å². The lowest BCUT2D eigenvalue weighted by Gasteiger charge is -2.21. The molecule has 0 aliphatic carbocycles. The number of aromatic amines is 1. The Balaban J connectivity index is 1.72. The number of H-pyrrole nitrogens is 1. The zero-order valence-electron chi connectivity index (χ0n) is 15.0. The molecule has 0 aliphatic heterocycles. The number of pyridine rings is 2. The van der Waals surface area contributed by atoms with Crippen LogP contribution in [-0.2, 0) is 0 Å². The van der Waals surface area contributed by atoms with Crippen LogP contribution in [0.2, 0.25) is 0 Å². The van der Waals surface area contributed by atoms with Gasteiger partial charge in [-0.2, -0.15) is 9.61 Å². The van der Waals surface area contributed by atoms with E-state index in [1.165, 1.54) is 0 Å². The van der Waals surface area contributed by atoms with Crippen LogP contribution in [0.1, 0.15) is 5.69 Å². The van der Waals surface area contributed by atoms with E-state index < -0.39 is 0 Å². The van der Waals surface area contributed by atoms with Crippen LogP contribution in [0.25, 0.3) is 28.1 Å². The van der Waals surface area contributed by atoms with E-state index in [0.29, 0.717) is 0 Å². The molecule has 7 nitrogen and oxygen atoms in total. The molecule has 0 saturated heterocycles. The minimum atomic E-state index is 0.775. The molecule has 0 aromatic carbocycles. The van der Waals surface area contributed by atoms with Gasteiger partial charge in [-0.05, 0) is 31.2 Å². The van der Waals surface area contributed by atoms with Crippen molar-refractivity contribution in [1.29, 1.82) is 0 Å². The van der Waals surface area contributed by atoms with Gasteiger partial charge >= 0.3 is 0 Å². The monoisotopic (exact) mass is 355 g/mol. The highest BCUT2D eigenvalue weighted by atomic mass is 15.3. The van der Waals surface area contributed by atoms with E-state index in [-0.39, 0.29) is 0 Å². The first kappa shape index (κ1) is 15.5. The number of fused-ring (bicyclic) bond motifs is 2. The van der Waals surface area contributed by atoms with Gasteiger partial charge in [-0.25, -0.2) is 9.97 Å². The van der Waals surface area contributed by atoms with Crippen molar-refractivity contribution in [3.63, 3.8) is 0 Å². The van der Waals surface area contributed by atoms with Crippen molar-refractivity contribution >= 4 is 28.2 Å². The summed E-state index contributed by atoms with van der Waals surface area (Å²) in [5.41, 5.74) is 5.28. The van der Waals surface area contributed by atoms with Crippen LogP contribution >= 0.6 is 0 Å². The SMILES string of the molecule is Cc1cccc(-c2cc(N(C)c3ccnc4[nH]ccc34)n3nccc3n2)n1. The van der Waals surface area contributed by atoms with Gasteiger partial charge < -0.3 is 9.88 Å². The topological polar surface area (TPSA) is 75.0 Å². The van der Waals surface area contributed by atoms with Crippen molar-refractivity contribution < 1.29 is 0 Å². The van der Waals surface area contributed by atoms with Crippen LogP contribution in [0, 0.1) is 6.92 Å². The van der Waals surface area contributed by atoms with Crippen molar-refractivity contribution in [3.8, 4) is 11.4 Å². The van der Waals surface area contributed by atoms with Crippen LogP contribution in [0.4, 0.5) is 11.5 Å². The molecule has 5 aromatic rings. The van der Waals surface area contributed by atoms with Crippen molar-refractivity contribution in [1.82, 2.24) is 29.5 Å². The number of nitrogens with one attached hydrogen (secondary N) is 1. The number of nitrogens with zero attached hydrogens (tertiary/aromatic N) is 6. The molecule has 0 atom stereocenters. The van der Waals surface area contributed by atoms with Gasteiger partial charge in [0, 0.05) is 42.7 Å². The fourth-order valence-corrected chi connectivity index (χ4v) is 3.31. The minimum absolute atomic E-state index is 0.775. The molecule has 0 fully saturated rings. The van der Waals surface area contributed by atoms with E-state index in [9.17, 15) is 0 Å². The van der Waals surface area contributed by atoms with E-state index in [4.69, 9.17) is 4.98 Å². The van der Waals surface area contributed by atoms with Crippen molar-refractivity contribution in [3.05, 3.63) is 66.7 Å². The molecule has 0 radical (unpaired) electrons. The van der Waals surface area contributed by atoms with Crippen LogP contribution < -0.4 is 4.90 Å². The lowest BCUT2D eigenvalue weighted by atomic mass is 10.2. The molecule has 5 aromatic heterocycles. The van der Waals surface area contributed by atoms with Gasteiger partial charge in [0.05, 0.1) is 23.3 Å². The standard InChI is InChI=1S/C20H17N7/c1-13-4-3-5-15(24-13)16-12-19(27-18(25-16)8-11-23-27)26(2)17-7-10-22-20-14(17)6-9-21-20/h3-12H,1-2H3,(H,21,22). The Labute approximate surface area is 155 Å². The number of hydrogen-bond acceptors (Lipinski definition) is 5. The first-order valence-corrected chi connectivity index (χ1v) is 8.65. The van der Waals surface area contributed by atoms with Crippen LogP contribution in [0.5, 0.6) is 0 Å². The second-order valence-corrected chi connectivity index (χ2v) is 6.39. The summed E-state index contributed by atoms with van der Waals surface area (Å²) in [7, 11) is 2.02. The van der Waals surface area contributed by atoms with E-state index >= 15 is 0 Å². The van der Waals surface area contributed by atoms with Gasteiger partial charge in [-0.1, -0.05) is 6.07 Å². The molecule has 0 amide bonds. The summed E-state index contributed by atoms with van der Waals surface area (Å²) in [5.74, 6) is 0.900. The predicted molar refractivity (Wildman–Crippen MR) is 105 cm³/mol. The third kappa shape index (κ3) is 2.52. The summed E-state index contributed by atoms with van der Waals surface area (Å²) in [6, 6.07) is 13.9. The van der Waals surface area contributed by atoms with Crippen LogP contribution in [-0.4, -0.2) is 36.6 Å². The molecule has 27 heavy (non-hydrogen) atoms. The summed E-state index contributed by atoms with van der Waals surface area (Å²) in [5, 5.41) is 5.50. The third-order valence-corrected chi connectivity index (χ3v) is 4.63. The average molecular weight is 355 g/mol. The molecule has 1 N–H and O–H groups in total. The normalized spacial score (nSPS) is 11.3. The molecule has 0 saturated carbocycles. The summed E-state index contributed by atoms with van der Waals surface area (Å²) in [4.78, 5) is 19.0. The number of anilines is 2. The molecule has 0 spiro atoms. The molecular formula is C20H17N7. The summed E-state index contributed by atoms with van der Waals surface area (Å²) >= 11 is 0. The fraction of sp³-hybridized carbons (Fsp3) is 0.100. The van der Waals surface area contributed by atoms with Gasteiger partial charge in [0.25, 0.3) is 0 Å². The maximum Gasteiger partial charge on any atom is 0.158 e. The molecule has 5 rings (SSSR count). The quantitative estimate of drug-likeness (QED) is 0.533. The largest absolute Gasteiger partial charge is 0.346 e. The first-order chi connectivity index (χ1) is 13.2. The van der Waals surface area contributed by atoms with Gasteiger partial charge in [0.15, 0.2) is 5.65 Å². The van der Waals surface area contributed by atoms with Gasteiger partial charge in [0.1, 0.15) is 11.5 Å². The Morgan fingerprint density at radius 1 is 1.00 bits per heavy atom. The first-order valence-electron chi connectivity index (χ1n) is 8.65. The number of hydrogen-bond donors (Lipinski definition) is 1. The molecule has 132 valence electrons. The lowest BCUT2D eigenvalue weighted by Crippen LogP contribution is -2.15. The zero-order chi connectivity index (χ0) is 18.4. The summed E-state index contributed by atoms with van der Waals surface area (Å²) in [6.45, 7) is 1.98. The number of rotatable bonds is 3. The molecular weight excluding hydrogens is 338 g/mol. The Morgan fingerprint density at radius 2 is 1.93 bits per heavy atom. The van der Waals surface area contributed by atoms with Gasteiger partial charge in [-0.15, -0.1) is 0 Å². The fourth-order valence-electron chi connectivity index (χ4n) is 3.31. The summed E-state index contributed by atoms with van der Waals surface area (Å²) < 4.78 is 1.83. The maximum atomic E-state index is 4.73. The third-order valence-electron chi connectivity index (χ3n) is 4.63. The molecule has 0 unspecified atom stereocenters. The highest BCUT2D eigenvalue weighted by Gasteiger charge is 2.16. The molecule has 0 bridgehead atoms. The van der Waals surface area contributed by atoms with Gasteiger partial charge in [0.2, 0.25) is 0 Å². The molecule has 5 heterocycles. The Kier molecular flexibility index (Phi) is 3.39. The second kappa shape index (κ2) is 5.91. The Hall–Kier alpha value is -3.74. The van der Waals surface area contributed by atoms with Crippen molar-refractivity contribution in [2.75, 3.05) is 11.9 Å². The van der Waals surface area contributed by atoms with Crippen LogP contribution in [0.3, 0.4) is 0 Å². The van der Waals surface area contributed by atoms with E-state index in [2.05, 4.69) is 25.0 Å². The van der Waals surface area contributed by atoms with E-state index in [1.54, 1.807) is 12.4 Å². The van der Waals surface area contributed by atoms with Crippen molar-refractivity contribution in [2.24, 2.45) is 0 Å². The number of aryl methyl sites for hydroxylation is 1. The summed E-state index contributed by atoms with van der Waals surface area (Å²) in [6.07, 6.45) is 5.45. The lowest BCUT2D eigenvalue weighted by molar-refractivity contribution is 0.913. The predicted octanol–water partition coefficient (Wildman–Crippen LogP) is 3.74. The van der Waals surface area contributed by atoms with E-state index in [1.807, 2.05) is 67.1 Å². The molecule has 0 aliphatic rings. The zero-order valence-corrected chi connectivity index (χ0v) is 15.0.